The Morgan fingerprint density at radius 2 is 1.88 bits per heavy atom. The summed E-state index contributed by atoms with van der Waals surface area (Å²) in [5, 5.41) is 4.75. The summed E-state index contributed by atoms with van der Waals surface area (Å²) >= 11 is 0. The van der Waals surface area contributed by atoms with Crippen LogP contribution in [0.2, 0.25) is 0 Å². The first-order chi connectivity index (χ1) is 16.3. The van der Waals surface area contributed by atoms with Crippen molar-refractivity contribution in [2.45, 2.75) is 65.0 Å². The van der Waals surface area contributed by atoms with Crippen LogP contribution in [0.15, 0.2) is 60.7 Å². The molecule has 1 atom stereocenters. The Kier molecular flexibility index (Phi) is 7.10. The van der Waals surface area contributed by atoms with E-state index in [0.717, 1.165) is 29.8 Å². The van der Waals surface area contributed by atoms with Gasteiger partial charge >= 0.3 is 6.09 Å². The van der Waals surface area contributed by atoms with Gasteiger partial charge < -0.3 is 19.1 Å². The molecule has 1 aliphatic rings. The van der Waals surface area contributed by atoms with Crippen LogP contribution in [0.3, 0.4) is 0 Å². The largest absolute Gasteiger partial charge is 0.488 e. The highest BCUT2D eigenvalue weighted by molar-refractivity contribution is 5.67. The molecule has 7 heteroatoms. The first-order valence-corrected chi connectivity index (χ1v) is 11.7. The predicted octanol–water partition coefficient (Wildman–Crippen LogP) is 5.22. The third kappa shape index (κ3) is 6.31. The minimum Gasteiger partial charge on any atom is -0.488 e. The maximum absolute atomic E-state index is 12.4. The van der Waals surface area contributed by atoms with Crippen molar-refractivity contribution in [1.29, 1.82) is 0 Å². The molecule has 0 fully saturated rings. The lowest BCUT2D eigenvalue weighted by Crippen LogP contribution is -2.34. The predicted molar refractivity (Wildman–Crippen MR) is 130 cm³/mol. The molecule has 0 aliphatic carbocycles. The van der Waals surface area contributed by atoms with E-state index in [4.69, 9.17) is 19.3 Å². The molecule has 0 spiro atoms. The summed E-state index contributed by atoms with van der Waals surface area (Å²) in [6.07, 6.45) is 1.48. The van der Waals surface area contributed by atoms with Gasteiger partial charge in [-0.25, -0.2) is 9.48 Å². The van der Waals surface area contributed by atoms with E-state index in [1.165, 1.54) is 10.5 Å². The number of aromatic nitrogens is 2. The first kappa shape index (κ1) is 23.7. The van der Waals surface area contributed by atoms with Crippen molar-refractivity contribution in [3.05, 3.63) is 77.5 Å². The van der Waals surface area contributed by atoms with E-state index in [1.807, 2.05) is 80.1 Å². The maximum atomic E-state index is 12.4. The molecule has 7 nitrogen and oxygen atoms in total. The molecule has 0 saturated heterocycles. The summed E-state index contributed by atoms with van der Waals surface area (Å²) in [6, 6.07) is 20.1. The Labute approximate surface area is 201 Å². The van der Waals surface area contributed by atoms with Crippen molar-refractivity contribution in [3.63, 3.8) is 0 Å². The van der Waals surface area contributed by atoms with Gasteiger partial charge in [-0.3, -0.25) is 0 Å². The van der Waals surface area contributed by atoms with Gasteiger partial charge in [0.1, 0.15) is 24.1 Å². The molecule has 2 aromatic carbocycles. The zero-order valence-corrected chi connectivity index (χ0v) is 20.4. The molecule has 1 aromatic heterocycles. The molecule has 2 heterocycles. The van der Waals surface area contributed by atoms with Gasteiger partial charge in [0.15, 0.2) is 0 Å². The quantitative estimate of drug-likeness (QED) is 0.480. The van der Waals surface area contributed by atoms with Crippen LogP contribution in [-0.4, -0.2) is 39.5 Å². The van der Waals surface area contributed by atoms with Gasteiger partial charge in [0.05, 0.1) is 18.8 Å². The molecule has 0 bridgehead atoms. The number of ether oxygens (including phenoxy) is 3. The zero-order chi connectivity index (χ0) is 24.1. The van der Waals surface area contributed by atoms with Crippen LogP contribution in [0.25, 0.3) is 0 Å². The number of rotatable bonds is 7. The third-order valence-electron chi connectivity index (χ3n) is 5.51. The lowest BCUT2D eigenvalue weighted by atomic mass is 10.0. The number of fused-ring (bicyclic) bond motifs is 1. The Hall–Kier alpha value is -3.48. The molecular weight excluding hydrogens is 430 g/mol. The molecule has 3 aromatic rings. The highest BCUT2D eigenvalue weighted by atomic mass is 16.6. The normalized spacial score (nSPS) is 15.2. The van der Waals surface area contributed by atoms with E-state index in [2.05, 4.69) is 6.07 Å². The van der Waals surface area contributed by atoms with Crippen LogP contribution in [0.5, 0.6) is 11.6 Å². The molecule has 180 valence electrons. The first-order valence-electron chi connectivity index (χ1n) is 11.7. The summed E-state index contributed by atoms with van der Waals surface area (Å²) in [5.41, 5.74) is 2.49. The SMILES string of the molecule is CN(Cc1cc(OCc2ccccc2)n(CC2CCc3ccccc3O2)n1)C(=O)OC(C)(C)C. The summed E-state index contributed by atoms with van der Waals surface area (Å²) in [5.74, 6) is 1.58. The van der Waals surface area contributed by atoms with Crippen molar-refractivity contribution in [2.75, 3.05) is 7.05 Å². The molecular formula is C27H33N3O4. The highest BCUT2D eigenvalue weighted by Gasteiger charge is 2.24. The lowest BCUT2D eigenvalue weighted by molar-refractivity contribution is 0.0282. The van der Waals surface area contributed by atoms with Gasteiger partial charge in [-0.15, -0.1) is 0 Å². The number of aryl methyl sites for hydroxylation is 1. The second kappa shape index (κ2) is 10.2. The molecule has 1 amide bonds. The molecule has 34 heavy (non-hydrogen) atoms. The zero-order valence-electron chi connectivity index (χ0n) is 20.4. The Morgan fingerprint density at radius 1 is 1.15 bits per heavy atom. The Balaban J connectivity index is 1.49. The minimum absolute atomic E-state index is 0.00897. The average molecular weight is 464 g/mol. The second-order valence-electron chi connectivity index (χ2n) is 9.65. The van der Waals surface area contributed by atoms with Crippen molar-refractivity contribution in [2.24, 2.45) is 0 Å². The van der Waals surface area contributed by atoms with E-state index in [1.54, 1.807) is 7.05 Å². The third-order valence-corrected chi connectivity index (χ3v) is 5.51. The second-order valence-corrected chi connectivity index (χ2v) is 9.65. The number of hydrogen-bond donors (Lipinski definition) is 0. The van der Waals surface area contributed by atoms with E-state index in [0.29, 0.717) is 25.6 Å². The number of para-hydroxylation sites is 1. The summed E-state index contributed by atoms with van der Waals surface area (Å²) in [7, 11) is 1.71. The van der Waals surface area contributed by atoms with Gasteiger partial charge in [-0.1, -0.05) is 48.5 Å². The van der Waals surface area contributed by atoms with E-state index >= 15 is 0 Å². The molecule has 1 unspecified atom stereocenters. The summed E-state index contributed by atoms with van der Waals surface area (Å²) in [6.45, 7) is 6.87. The molecule has 1 aliphatic heterocycles. The van der Waals surface area contributed by atoms with Crippen molar-refractivity contribution >= 4 is 6.09 Å². The van der Waals surface area contributed by atoms with Crippen molar-refractivity contribution in [1.82, 2.24) is 14.7 Å². The fourth-order valence-electron chi connectivity index (χ4n) is 3.86. The van der Waals surface area contributed by atoms with Crippen molar-refractivity contribution in [3.8, 4) is 11.6 Å². The Bertz CT molecular complexity index is 1100. The van der Waals surface area contributed by atoms with Crippen LogP contribution in [0.4, 0.5) is 4.79 Å². The highest BCUT2D eigenvalue weighted by Crippen LogP contribution is 2.28. The van der Waals surface area contributed by atoms with Gasteiger partial charge in [0.25, 0.3) is 0 Å². The van der Waals surface area contributed by atoms with Crippen molar-refractivity contribution < 1.29 is 19.0 Å². The van der Waals surface area contributed by atoms with E-state index in [-0.39, 0.29) is 12.2 Å². The minimum atomic E-state index is -0.552. The standard InChI is InChI=1S/C27H33N3O4/c1-27(2,3)34-26(31)29(4)17-22-16-25(32-19-20-10-6-5-7-11-20)30(28-22)18-23-15-14-21-12-8-9-13-24(21)33-23/h5-13,16,23H,14-15,17-19H2,1-4H3. The molecule has 0 saturated carbocycles. The molecule has 0 radical (unpaired) electrons. The summed E-state index contributed by atoms with van der Waals surface area (Å²) < 4.78 is 19.7. The van der Waals surface area contributed by atoms with Crippen LogP contribution in [0, 0.1) is 0 Å². The summed E-state index contributed by atoms with van der Waals surface area (Å²) in [4.78, 5) is 13.9. The smallest absolute Gasteiger partial charge is 0.410 e. The number of benzene rings is 2. The van der Waals surface area contributed by atoms with Crippen LogP contribution in [0.1, 0.15) is 44.0 Å². The molecule has 0 N–H and O–H groups in total. The van der Waals surface area contributed by atoms with E-state index in [9.17, 15) is 4.79 Å². The van der Waals surface area contributed by atoms with Crippen LogP contribution in [-0.2, 0) is 30.9 Å². The number of amides is 1. The number of hydrogen-bond acceptors (Lipinski definition) is 5. The van der Waals surface area contributed by atoms with Crippen LogP contribution < -0.4 is 9.47 Å². The topological polar surface area (TPSA) is 65.8 Å². The van der Waals surface area contributed by atoms with Gasteiger partial charge in [0, 0.05) is 13.1 Å². The number of carbonyl (C=O) groups excluding carboxylic acids is 1. The van der Waals surface area contributed by atoms with E-state index < -0.39 is 5.60 Å². The average Bonchev–Trinajstić information content (AvgIpc) is 3.18. The lowest BCUT2D eigenvalue weighted by Gasteiger charge is -2.26. The van der Waals surface area contributed by atoms with Gasteiger partial charge in [0.2, 0.25) is 5.88 Å². The fourth-order valence-corrected chi connectivity index (χ4v) is 3.86. The van der Waals surface area contributed by atoms with Crippen LogP contribution >= 0.6 is 0 Å². The van der Waals surface area contributed by atoms with Gasteiger partial charge in [-0.2, -0.15) is 5.10 Å². The number of nitrogens with zero attached hydrogens (tertiary/aromatic N) is 3. The Morgan fingerprint density at radius 3 is 2.65 bits per heavy atom. The van der Waals surface area contributed by atoms with Gasteiger partial charge in [-0.05, 0) is 50.8 Å². The molecule has 4 rings (SSSR count). The monoisotopic (exact) mass is 463 g/mol. The maximum Gasteiger partial charge on any atom is 0.410 e. The number of carbonyl (C=O) groups is 1. The fraction of sp³-hybridized carbons (Fsp3) is 0.407.